The van der Waals surface area contributed by atoms with Crippen LogP contribution in [0.5, 0.6) is 0 Å². The second kappa shape index (κ2) is 4.93. The number of methoxy groups -OCH3 is 1. The fourth-order valence-electron chi connectivity index (χ4n) is 9.49. The first-order valence-corrected chi connectivity index (χ1v) is 10.7. The van der Waals surface area contributed by atoms with Crippen LogP contribution in [-0.2, 0) is 21.4 Å². The highest BCUT2D eigenvalue weighted by Crippen LogP contribution is 2.85. The Hall–Kier alpha value is -1.59. The lowest BCUT2D eigenvalue weighted by molar-refractivity contribution is -0.187. The number of aromatic nitrogens is 1. The summed E-state index contributed by atoms with van der Waals surface area (Å²) in [6.45, 7) is 2.44. The van der Waals surface area contributed by atoms with Crippen LogP contribution < -0.4 is 0 Å². The summed E-state index contributed by atoms with van der Waals surface area (Å²) in [5.41, 5.74) is 1.35. The zero-order chi connectivity index (χ0) is 19.5. The van der Waals surface area contributed by atoms with Crippen molar-refractivity contribution in [3.05, 3.63) is 34.7 Å². The summed E-state index contributed by atoms with van der Waals surface area (Å²) < 4.78 is 5.55. The SMILES string of the molecule is COCC1(O)C(C(=O)O)=C2CC3CCC4CCCC15c1cc[nH]c1CC3(C)C245. The van der Waals surface area contributed by atoms with Crippen LogP contribution in [0.2, 0.25) is 0 Å². The smallest absolute Gasteiger partial charge is 0.334 e. The summed E-state index contributed by atoms with van der Waals surface area (Å²) in [4.78, 5) is 16.1. The standard InChI is InChI=1S/C23H29NO4/c1-20-11-17-15(7-9-24-17)21-8-3-4-13-5-6-14(20)10-16(23(13,20)21)18(19(25)26)22(21,27)12-28-2/h7,9,13-14,24,27H,3-6,8,10-12H2,1-2H3,(H,25,26). The average Bonchev–Trinajstić information content (AvgIpc) is 3.19. The lowest BCUT2D eigenvalue weighted by Crippen LogP contribution is -2.71. The van der Waals surface area contributed by atoms with Crippen molar-refractivity contribution < 1.29 is 19.7 Å². The van der Waals surface area contributed by atoms with Gasteiger partial charge in [0.1, 0.15) is 5.60 Å². The Bertz CT molecular complexity index is 933. The Labute approximate surface area is 165 Å². The van der Waals surface area contributed by atoms with Crippen LogP contribution >= 0.6 is 0 Å². The average molecular weight is 383 g/mol. The number of hydrogen-bond acceptors (Lipinski definition) is 3. The van der Waals surface area contributed by atoms with Crippen molar-refractivity contribution in [2.45, 2.75) is 62.9 Å². The van der Waals surface area contributed by atoms with Gasteiger partial charge in [-0.2, -0.15) is 0 Å². The van der Waals surface area contributed by atoms with Gasteiger partial charge in [0.05, 0.1) is 12.2 Å². The van der Waals surface area contributed by atoms with Gasteiger partial charge in [0.25, 0.3) is 0 Å². The van der Waals surface area contributed by atoms with E-state index in [0.29, 0.717) is 11.8 Å². The number of nitrogens with one attached hydrogen (secondary N) is 1. The Balaban J connectivity index is 1.81. The van der Waals surface area contributed by atoms with Crippen LogP contribution in [0, 0.1) is 22.7 Å². The van der Waals surface area contributed by atoms with Crippen molar-refractivity contribution in [2.24, 2.45) is 22.7 Å². The molecule has 0 amide bonds. The van der Waals surface area contributed by atoms with Gasteiger partial charge in [-0.3, -0.25) is 0 Å². The van der Waals surface area contributed by atoms with Crippen molar-refractivity contribution in [1.29, 1.82) is 0 Å². The van der Waals surface area contributed by atoms with E-state index in [0.717, 1.165) is 49.7 Å². The van der Waals surface area contributed by atoms with Crippen LogP contribution in [0.15, 0.2) is 23.4 Å². The maximum Gasteiger partial charge on any atom is 0.334 e. The quantitative estimate of drug-likeness (QED) is 0.749. The monoisotopic (exact) mass is 383 g/mol. The zero-order valence-electron chi connectivity index (χ0n) is 16.7. The van der Waals surface area contributed by atoms with Gasteiger partial charge in [-0.25, -0.2) is 4.79 Å². The van der Waals surface area contributed by atoms with E-state index >= 15 is 0 Å². The van der Waals surface area contributed by atoms with E-state index in [1.165, 1.54) is 12.1 Å². The van der Waals surface area contributed by atoms with Gasteiger partial charge in [-0.1, -0.05) is 13.3 Å². The number of hydrogen-bond donors (Lipinski definition) is 3. The van der Waals surface area contributed by atoms with Gasteiger partial charge in [0.2, 0.25) is 0 Å². The fourth-order valence-corrected chi connectivity index (χ4v) is 9.49. The van der Waals surface area contributed by atoms with Crippen molar-refractivity contribution in [1.82, 2.24) is 4.98 Å². The molecule has 3 saturated carbocycles. The Morgan fingerprint density at radius 2 is 2.11 bits per heavy atom. The van der Waals surface area contributed by atoms with E-state index in [9.17, 15) is 15.0 Å². The molecule has 3 N–H and O–H groups in total. The molecule has 3 fully saturated rings. The second-order valence-corrected chi connectivity index (χ2v) is 10.2. The second-order valence-electron chi connectivity index (χ2n) is 10.2. The summed E-state index contributed by atoms with van der Waals surface area (Å²) in [6, 6.07) is 2.12. The highest BCUT2D eigenvalue weighted by molar-refractivity contribution is 5.93. The third-order valence-electron chi connectivity index (χ3n) is 9.81. The minimum atomic E-state index is -1.48. The third-order valence-corrected chi connectivity index (χ3v) is 9.81. The lowest BCUT2D eigenvalue weighted by atomic mass is 9.34. The molecule has 1 aromatic heterocycles. The third kappa shape index (κ3) is 1.38. The molecule has 0 saturated heterocycles. The molecular formula is C23H29NO4. The molecule has 2 bridgehead atoms. The molecule has 6 unspecified atom stereocenters. The van der Waals surface area contributed by atoms with Crippen LogP contribution in [0.25, 0.3) is 0 Å². The summed E-state index contributed by atoms with van der Waals surface area (Å²) in [7, 11) is 1.58. The molecule has 6 rings (SSSR count). The maximum absolute atomic E-state index is 12.7. The van der Waals surface area contributed by atoms with Crippen LogP contribution in [-0.4, -0.2) is 40.5 Å². The molecule has 0 aliphatic heterocycles. The number of aromatic amines is 1. The predicted molar refractivity (Wildman–Crippen MR) is 103 cm³/mol. The zero-order valence-corrected chi connectivity index (χ0v) is 16.7. The molecule has 0 aromatic carbocycles. The number of H-pyrrole nitrogens is 1. The minimum absolute atomic E-state index is 0.0115. The molecule has 6 atom stereocenters. The van der Waals surface area contributed by atoms with Gasteiger partial charge in [0.15, 0.2) is 0 Å². The molecule has 5 aliphatic carbocycles. The van der Waals surface area contributed by atoms with Gasteiger partial charge in [-0.15, -0.1) is 0 Å². The molecule has 150 valence electrons. The Kier molecular flexibility index (Phi) is 3.04. The van der Waals surface area contributed by atoms with Crippen molar-refractivity contribution in [2.75, 3.05) is 13.7 Å². The van der Waals surface area contributed by atoms with E-state index in [1.54, 1.807) is 7.11 Å². The number of rotatable bonds is 3. The Morgan fingerprint density at radius 3 is 2.86 bits per heavy atom. The van der Waals surface area contributed by atoms with Gasteiger partial charge < -0.3 is 19.9 Å². The Morgan fingerprint density at radius 1 is 1.32 bits per heavy atom. The number of carboxylic acids is 1. The largest absolute Gasteiger partial charge is 0.478 e. The van der Waals surface area contributed by atoms with E-state index in [1.807, 2.05) is 6.20 Å². The number of carbonyl (C=O) groups is 1. The highest BCUT2D eigenvalue weighted by Gasteiger charge is 2.84. The van der Waals surface area contributed by atoms with Gasteiger partial charge >= 0.3 is 5.97 Å². The number of ether oxygens (including phenoxy) is 1. The minimum Gasteiger partial charge on any atom is -0.478 e. The molecule has 5 nitrogen and oxygen atoms in total. The number of aliphatic carboxylic acids is 1. The number of allylic oxidation sites excluding steroid dienone is 1. The first kappa shape index (κ1) is 17.3. The van der Waals surface area contributed by atoms with Crippen molar-refractivity contribution >= 4 is 5.97 Å². The van der Waals surface area contributed by atoms with Crippen LogP contribution in [0.3, 0.4) is 0 Å². The topological polar surface area (TPSA) is 82.6 Å². The normalized spacial score (nSPS) is 47.8. The number of aliphatic hydroxyl groups is 1. The number of fused-ring (bicyclic) bond motifs is 1. The van der Waals surface area contributed by atoms with E-state index < -0.39 is 17.0 Å². The highest BCUT2D eigenvalue weighted by atomic mass is 16.5. The number of carboxylic acid groups (broad SMARTS) is 1. The molecule has 1 spiro atoms. The van der Waals surface area contributed by atoms with Crippen molar-refractivity contribution in [3.63, 3.8) is 0 Å². The molecule has 0 radical (unpaired) electrons. The molecule has 28 heavy (non-hydrogen) atoms. The summed E-state index contributed by atoms with van der Waals surface area (Å²) in [5.74, 6) is -0.0114. The fraction of sp³-hybridized carbons (Fsp3) is 0.696. The summed E-state index contributed by atoms with van der Waals surface area (Å²) in [6.07, 6.45) is 9.10. The molecule has 5 aliphatic rings. The van der Waals surface area contributed by atoms with Crippen LogP contribution in [0.1, 0.15) is 56.7 Å². The van der Waals surface area contributed by atoms with E-state index in [-0.39, 0.29) is 23.0 Å². The molecule has 1 heterocycles. The van der Waals surface area contributed by atoms with E-state index in [2.05, 4.69) is 18.0 Å². The summed E-state index contributed by atoms with van der Waals surface area (Å²) >= 11 is 0. The predicted octanol–water partition coefficient (Wildman–Crippen LogP) is 3.19. The molecule has 5 heteroatoms. The van der Waals surface area contributed by atoms with Gasteiger partial charge in [0, 0.05) is 29.8 Å². The van der Waals surface area contributed by atoms with Crippen molar-refractivity contribution in [3.8, 4) is 0 Å². The lowest BCUT2D eigenvalue weighted by Gasteiger charge is -2.69. The first-order chi connectivity index (χ1) is 13.4. The van der Waals surface area contributed by atoms with Gasteiger partial charge in [-0.05, 0) is 73.0 Å². The first-order valence-electron chi connectivity index (χ1n) is 10.7. The molecule has 1 aromatic rings. The van der Waals surface area contributed by atoms with E-state index in [4.69, 9.17) is 4.74 Å². The molecular weight excluding hydrogens is 354 g/mol. The maximum atomic E-state index is 12.7. The summed E-state index contributed by atoms with van der Waals surface area (Å²) in [5, 5.41) is 22.7. The van der Waals surface area contributed by atoms with Crippen LogP contribution in [0.4, 0.5) is 0 Å².